The van der Waals surface area contributed by atoms with E-state index in [1.807, 2.05) is 0 Å². The van der Waals surface area contributed by atoms with Gasteiger partial charge in [0.25, 0.3) is 0 Å². The van der Waals surface area contributed by atoms with E-state index in [1.165, 1.54) is 4.90 Å². The number of hydrogen-bond donors (Lipinski definition) is 0. The maximum absolute atomic E-state index is 13.3. The number of rotatable bonds is 1. The third kappa shape index (κ3) is 1.82. The first-order chi connectivity index (χ1) is 7.08. The Morgan fingerprint density at radius 2 is 1.73 bits per heavy atom. The van der Waals surface area contributed by atoms with E-state index in [9.17, 15) is 18.0 Å². The molecular weight excluding hydrogens is 207 g/mol. The monoisotopic (exact) mass is 215 g/mol. The Bertz CT molecular complexity index is 396. The van der Waals surface area contributed by atoms with Crippen molar-refractivity contribution in [1.29, 1.82) is 0 Å². The summed E-state index contributed by atoms with van der Waals surface area (Å²) in [7, 11) is 0. The second kappa shape index (κ2) is 3.56. The number of halogens is 3. The highest BCUT2D eigenvalue weighted by Gasteiger charge is 2.25. The van der Waals surface area contributed by atoms with E-state index < -0.39 is 17.5 Å². The van der Waals surface area contributed by atoms with Crippen LogP contribution in [-0.4, -0.2) is 18.9 Å². The van der Waals surface area contributed by atoms with Gasteiger partial charge in [-0.3, -0.25) is 4.79 Å². The SMILES string of the molecule is O=C1CCN(c2c(F)cc(F)cc2F)C1. The van der Waals surface area contributed by atoms with Crippen LogP contribution in [0, 0.1) is 17.5 Å². The summed E-state index contributed by atoms with van der Waals surface area (Å²) in [5.74, 6) is -2.97. The Balaban J connectivity index is 2.39. The van der Waals surface area contributed by atoms with E-state index in [2.05, 4.69) is 0 Å². The van der Waals surface area contributed by atoms with Crippen molar-refractivity contribution < 1.29 is 18.0 Å². The number of carbonyl (C=O) groups excluding carboxylic acids is 1. The number of benzene rings is 1. The number of nitrogens with zero attached hydrogens (tertiary/aromatic N) is 1. The fraction of sp³-hybridized carbons (Fsp3) is 0.300. The predicted molar refractivity (Wildman–Crippen MR) is 48.2 cm³/mol. The lowest BCUT2D eigenvalue weighted by Gasteiger charge is -2.17. The summed E-state index contributed by atoms with van der Waals surface area (Å²) in [6.07, 6.45) is 0.274. The average Bonchev–Trinajstić information content (AvgIpc) is 2.49. The lowest BCUT2D eigenvalue weighted by Crippen LogP contribution is -2.22. The third-order valence-corrected chi connectivity index (χ3v) is 2.33. The number of ketones is 1. The molecule has 0 saturated carbocycles. The first-order valence-corrected chi connectivity index (χ1v) is 4.49. The molecule has 1 heterocycles. The molecule has 0 bridgehead atoms. The van der Waals surface area contributed by atoms with Crippen LogP contribution in [0.15, 0.2) is 12.1 Å². The van der Waals surface area contributed by atoms with Gasteiger partial charge in [0.15, 0.2) is 17.4 Å². The van der Waals surface area contributed by atoms with Gasteiger partial charge >= 0.3 is 0 Å². The van der Waals surface area contributed by atoms with Crippen molar-refractivity contribution in [3.8, 4) is 0 Å². The smallest absolute Gasteiger partial charge is 0.153 e. The van der Waals surface area contributed by atoms with Gasteiger partial charge < -0.3 is 4.90 Å². The fourth-order valence-corrected chi connectivity index (χ4v) is 1.66. The van der Waals surface area contributed by atoms with E-state index in [-0.39, 0.29) is 31.0 Å². The Labute approximate surface area is 84.3 Å². The minimum absolute atomic E-state index is 0.0144. The first-order valence-electron chi connectivity index (χ1n) is 4.49. The molecule has 1 aliphatic rings. The summed E-state index contributed by atoms with van der Waals surface area (Å²) in [6.45, 7) is 0.262. The molecule has 0 amide bonds. The molecule has 1 aromatic carbocycles. The van der Waals surface area contributed by atoms with Gasteiger partial charge in [-0.2, -0.15) is 0 Å². The zero-order valence-electron chi connectivity index (χ0n) is 7.77. The number of Topliss-reactive ketones (excluding diaryl/α,β-unsaturated/α-hetero) is 1. The number of carbonyl (C=O) groups is 1. The Morgan fingerprint density at radius 3 is 2.20 bits per heavy atom. The quantitative estimate of drug-likeness (QED) is 0.712. The Morgan fingerprint density at radius 1 is 1.13 bits per heavy atom. The number of hydrogen-bond acceptors (Lipinski definition) is 2. The Kier molecular flexibility index (Phi) is 2.38. The maximum atomic E-state index is 13.3. The molecule has 15 heavy (non-hydrogen) atoms. The highest BCUT2D eigenvalue weighted by atomic mass is 19.1. The highest BCUT2D eigenvalue weighted by molar-refractivity contribution is 5.87. The van der Waals surface area contributed by atoms with Crippen LogP contribution < -0.4 is 4.90 Å². The van der Waals surface area contributed by atoms with Gasteiger partial charge in [-0.25, -0.2) is 13.2 Å². The van der Waals surface area contributed by atoms with Crippen molar-refractivity contribution in [2.75, 3.05) is 18.0 Å². The third-order valence-electron chi connectivity index (χ3n) is 2.33. The van der Waals surface area contributed by atoms with Gasteiger partial charge in [0.1, 0.15) is 11.5 Å². The summed E-state index contributed by atoms with van der Waals surface area (Å²) in [6, 6.07) is 1.22. The van der Waals surface area contributed by atoms with Crippen LogP contribution >= 0.6 is 0 Å². The molecule has 0 radical (unpaired) electrons. The maximum Gasteiger partial charge on any atom is 0.153 e. The molecule has 2 nitrogen and oxygen atoms in total. The van der Waals surface area contributed by atoms with Crippen LogP contribution in [0.2, 0.25) is 0 Å². The molecule has 0 aliphatic carbocycles. The zero-order chi connectivity index (χ0) is 11.0. The molecule has 0 spiro atoms. The molecule has 80 valence electrons. The van der Waals surface area contributed by atoms with Crippen molar-refractivity contribution in [2.45, 2.75) is 6.42 Å². The van der Waals surface area contributed by atoms with Crippen LogP contribution in [0.4, 0.5) is 18.9 Å². The lowest BCUT2D eigenvalue weighted by atomic mass is 10.2. The normalized spacial score (nSPS) is 16.2. The molecule has 1 fully saturated rings. The van der Waals surface area contributed by atoms with E-state index in [4.69, 9.17) is 0 Å². The van der Waals surface area contributed by atoms with Gasteiger partial charge in [0.2, 0.25) is 0 Å². The molecule has 0 N–H and O–H groups in total. The molecule has 2 rings (SSSR count). The van der Waals surface area contributed by atoms with Crippen molar-refractivity contribution in [1.82, 2.24) is 0 Å². The van der Waals surface area contributed by atoms with Crippen molar-refractivity contribution >= 4 is 11.5 Å². The molecular formula is C10H8F3NO. The highest BCUT2D eigenvalue weighted by Crippen LogP contribution is 2.26. The summed E-state index contributed by atoms with van der Waals surface area (Å²) < 4.78 is 39.1. The van der Waals surface area contributed by atoms with Gasteiger partial charge in [-0.1, -0.05) is 0 Å². The topological polar surface area (TPSA) is 20.3 Å². The minimum Gasteiger partial charge on any atom is -0.359 e. The van der Waals surface area contributed by atoms with Crippen LogP contribution in [-0.2, 0) is 4.79 Å². The molecule has 5 heteroatoms. The summed E-state index contributed by atoms with van der Waals surface area (Å²) in [4.78, 5) is 12.2. The second-order valence-corrected chi connectivity index (χ2v) is 3.43. The molecule has 1 saturated heterocycles. The second-order valence-electron chi connectivity index (χ2n) is 3.43. The van der Waals surface area contributed by atoms with Gasteiger partial charge in [-0.15, -0.1) is 0 Å². The van der Waals surface area contributed by atoms with Crippen LogP contribution in [0.1, 0.15) is 6.42 Å². The molecule has 0 aromatic heterocycles. The predicted octanol–water partition coefficient (Wildman–Crippen LogP) is 1.88. The van der Waals surface area contributed by atoms with Crippen molar-refractivity contribution in [3.05, 3.63) is 29.6 Å². The number of anilines is 1. The van der Waals surface area contributed by atoms with Crippen LogP contribution in [0.5, 0.6) is 0 Å². The van der Waals surface area contributed by atoms with E-state index >= 15 is 0 Å². The molecule has 0 atom stereocenters. The van der Waals surface area contributed by atoms with E-state index in [0.29, 0.717) is 12.1 Å². The van der Waals surface area contributed by atoms with Crippen molar-refractivity contribution in [3.63, 3.8) is 0 Å². The summed E-state index contributed by atoms with van der Waals surface area (Å²) in [5, 5.41) is 0. The van der Waals surface area contributed by atoms with Crippen molar-refractivity contribution in [2.24, 2.45) is 0 Å². The largest absolute Gasteiger partial charge is 0.359 e. The lowest BCUT2D eigenvalue weighted by molar-refractivity contribution is -0.116. The van der Waals surface area contributed by atoms with Gasteiger partial charge in [0, 0.05) is 25.1 Å². The van der Waals surface area contributed by atoms with Crippen LogP contribution in [0.25, 0.3) is 0 Å². The van der Waals surface area contributed by atoms with Crippen LogP contribution in [0.3, 0.4) is 0 Å². The van der Waals surface area contributed by atoms with E-state index in [0.717, 1.165) is 0 Å². The first kappa shape index (κ1) is 10.0. The summed E-state index contributed by atoms with van der Waals surface area (Å²) >= 11 is 0. The van der Waals surface area contributed by atoms with Gasteiger partial charge in [-0.05, 0) is 0 Å². The standard InChI is InChI=1S/C10H8F3NO/c11-6-3-8(12)10(9(13)4-6)14-2-1-7(15)5-14/h3-4H,1-2,5H2. The molecule has 1 aromatic rings. The molecule has 0 unspecified atom stereocenters. The fourth-order valence-electron chi connectivity index (χ4n) is 1.66. The van der Waals surface area contributed by atoms with Gasteiger partial charge in [0.05, 0.1) is 6.54 Å². The zero-order valence-corrected chi connectivity index (χ0v) is 7.77. The molecule has 1 aliphatic heterocycles. The minimum atomic E-state index is -0.970. The summed E-state index contributed by atoms with van der Waals surface area (Å²) in [5.41, 5.74) is -0.317. The average molecular weight is 215 g/mol. The Hall–Kier alpha value is -1.52. The van der Waals surface area contributed by atoms with E-state index in [1.54, 1.807) is 0 Å².